The number of hydrogen-bond donors (Lipinski definition) is 3. The molecule has 36 heavy (non-hydrogen) atoms. The number of unbranched alkanes of at least 4 members (excludes halogenated alkanes) is 2. The molecule has 0 unspecified atom stereocenters. The van der Waals surface area contributed by atoms with Gasteiger partial charge in [-0.15, -0.1) is 0 Å². The fraction of sp³-hybridized carbons (Fsp3) is 0.462. The van der Waals surface area contributed by atoms with Crippen molar-refractivity contribution >= 4 is 40.8 Å². The second-order valence-electron chi connectivity index (χ2n) is 9.52. The van der Waals surface area contributed by atoms with Gasteiger partial charge >= 0.3 is 6.03 Å². The van der Waals surface area contributed by atoms with Crippen molar-refractivity contribution in [3.05, 3.63) is 63.6 Å². The molecular weight excluding hydrogens is 509 g/mol. The van der Waals surface area contributed by atoms with E-state index in [4.69, 9.17) is 23.2 Å². The number of nitrogens with one attached hydrogen (secondary N) is 3. The van der Waals surface area contributed by atoms with Crippen LogP contribution < -0.4 is 16.0 Å². The molecule has 10 heteroatoms. The Hall–Kier alpha value is -2.42. The highest BCUT2D eigenvalue weighted by Gasteiger charge is 2.43. The zero-order chi connectivity index (χ0) is 25.7. The van der Waals surface area contributed by atoms with Crippen LogP contribution in [0.2, 0.25) is 10.0 Å². The Morgan fingerprint density at radius 3 is 2.53 bits per heavy atom. The summed E-state index contributed by atoms with van der Waals surface area (Å²) in [4.78, 5) is 26.8. The average Bonchev–Trinajstić information content (AvgIpc) is 3.50. The van der Waals surface area contributed by atoms with E-state index in [1.807, 2.05) is 12.1 Å². The number of anilines is 1. The lowest BCUT2D eigenvalue weighted by atomic mass is 10.1. The lowest BCUT2D eigenvalue weighted by Crippen LogP contribution is -2.39. The molecule has 2 fully saturated rings. The van der Waals surface area contributed by atoms with Gasteiger partial charge in [-0.25, -0.2) is 13.6 Å². The Bertz CT molecular complexity index is 1080. The molecule has 0 bridgehead atoms. The summed E-state index contributed by atoms with van der Waals surface area (Å²) in [5.41, 5.74) is 1.14. The minimum atomic E-state index is -0.739. The Labute approximate surface area is 219 Å². The van der Waals surface area contributed by atoms with Crippen molar-refractivity contribution in [2.24, 2.45) is 5.92 Å². The molecule has 4 rings (SSSR count). The van der Waals surface area contributed by atoms with Crippen molar-refractivity contribution in [1.29, 1.82) is 0 Å². The van der Waals surface area contributed by atoms with Crippen LogP contribution >= 0.6 is 23.2 Å². The summed E-state index contributed by atoms with van der Waals surface area (Å²) >= 11 is 12.0. The smallest absolute Gasteiger partial charge is 0.319 e. The van der Waals surface area contributed by atoms with Crippen molar-refractivity contribution < 1.29 is 18.4 Å². The SMILES string of the molecule is O=C(Nc1cc(F)cc(F)c1)N[C@H]1CCN(CCCCCNC(=O)[C@@H]2C[C@H]2c2ccc(Cl)c(Cl)c2)C1. The number of urea groups is 1. The van der Waals surface area contributed by atoms with Crippen LogP contribution in [-0.2, 0) is 4.79 Å². The number of likely N-dealkylation sites (tertiary alicyclic amines) is 1. The highest BCUT2D eigenvalue weighted by Crippen LogP contribution is 2.48. The molecule has 2 aliphatic rings. The second kappa shape index (κ2) is 12.2. The van der Waals surface area contributed by atoms with Crippen molar-refractivity contribution in [2.75, 3.05) is 31.5 Å². The zero-order valence-electron chi connectivity index (χ0n) is 19.8. The third-order valence-corrected chi connectivity index (χ3v) is 7.42. The molecule has 3 amide bonds. The Kier molecular flexibility index (Phi) is 9.04. The lowest BCUT2D eigenvalue weighted by Gasteiger charge is -2.17. The van der Waals surface area contributed by atoms with Crippen LogP contribution in [0.25, 0.3) is 0 Å². The number of carbonyl (C=O) groups is 2. The highest BCUT2D eigenvalue weighted by atomic mass is 35.5. The lowest BCUT2D eigenvalue weighted by molar-refractivity contribution is -0.122. The standard InChI is InChI=1S/C26H30Cl2F2N4O2/c27-23-5-4-16(10-24(23)28)21-14-22(21)25(35)31-7-2-1-3-8-34-9-6-19(15-34)32-26(36)33-20-12-17(29)11-18(30)13-20/h4-5,10-13,19,21-22H,1-3,6-9,14-15H2,(H,31,35)(H2,32,33,36)/t19-,21-,22+/m0/s1. The summed E-state index contributed by atoms with van der Waals surface area (Å²) in [6, 6.07) is 7.98. The van der Waals surface area contributed by atoms with Gasteiger partial charge < -0.3 is 20.9 Å². The normalized spacial score (nSPS) is 21.3. The first-order valence-electron chi connectivity index (χ1n) is 12.3. The quantitative estimate of drug-likeness (QED) is 0.347. The molecule has 1 heterocycles. The summed E-state index contributed by atoms with van der Waals surface area (Å²) in [6.45, 7) is 3.20. The van der Waals surface area contributed by atoms with Crippen molar-refractivity contribution in [2.45, 2.75) is 44.1 Å². The zero-order valence-corrected chi connectivity index (χ0v) is 21.3. The van der Waals surface area contributed by atoms with E-state index in [9.17, 15) is 18.4 Å². The molecular formula is C26H30Cl2F2N4O2. The van der Waals surface area contributed by atoms with Crippen LogP contribution in [0.3, 0.4) is 0 Å². The maximum absolute atomic E-state index is 13.3. The van der Waals surface area contributed by atoms with Gasteiger partial charge in [0.2, 0.25) is 5.91 Å². The Balaban J connectivity index is 1.05. The molecule has 1 saturated carbocycles. The van der Waals surface area contributed by atoms with Gasteiger partial charge in [0.15, 0.2) is 0 Å². The fourth-order valence-electron chi connectivity index (χ4n) is 4.71. The van der Waals surface area contributed by atoms with E-state index in [0.29, 0.717) is 16.6 Å². The fourth-order valence-corrected chi connectivity index (χ4v) is 5.01. The predicted octanol–water partition coefficient (Wildman–Crippen LogP) is 5.56. The van der Waals surface area contributed by atoms with E-state index in [1.54, 1.807) is 6.07 Å². The van der Waals surface area contributed by atoms with Gasteiger partial charge in [-0.3, -0.25) is 4.79 Å². The molecule has 0 radical (unpaired) electrons. The summed E-state index contributed by atoms with van der Waals surface area (Å²) < 4.78 is 26.5. The van der Waals surface area contributed by atoms with E-state index in [-0.39, 0.29) is 29.5 Å². The number of amides is 3. The molecule has 1 aliphatic carbocycles. The first-order valence-corrected chi connectivity index (χ1v) is 13.0. The number of rotatable bonds is 10. The third-order valence-electron chi connectivity index (χ3n) is 6.68. The van der Waals surface area contributed by atoms with E-state index in [1.165, 1.54) is 0 Å². The molecule has 6 nitrogen and oxygen atoms in total. The predicted molar refractivity (Wildman–Crippen MR) is 138 cm³/mol. The topological polar surface area (TPSA) is 73.5 Å². The van der Waals surface area contributed by atoms with Crippen LogP contribution in [0.15, 0.2) is 36.4 Å². The molecule has 194 valence electrons. The van der Waals surface area contributed by atoms with Gasteiger partial charge in [0, 0.05) is 43.3 Å². The Morgan fingerprint density at radius 2 is 1.78 bits per heavy atom. The molecule has 0 aromatic heterocycles. The van der Waals surface area contributed by atoms with Gasteiger partial charge in [0.05, 0.1) is 10.0 Å². The first kappa shape index (κ1) is 26.6. The monoisotopic (exact) mass is 538 g/mol. The van der Waals surface area contributed by atoms with Gasteiger partial charge in [-0.1, -0.05) is 35.7 Å². The van der Waals surface area contributed by atoms with Crippen LogP contribution in [-0.4, -0.2) is 49.1 Å². The van der Waals surface area contributed by atoms with E-state index >= 15 is 0 Å². The molecule has 2 aromatic rings. The van der Waals surface area contributed by atoms with Crippen LogP contribution in [0.4, 0.5) is 19.3 Å². The van der Waals surface area contributed by atoms with E-state index in [2.05, 4.69) is 20.9 Å². The average molecular weight is 539 g/mol. The number of benzene rings is 2. The van der Waals surface area contributed by atoms with Gasteiger partial charge in [0.25, 0.3) is 0 Å². The highest BCUT2D eigenvalue weighted by molar-refractivity contribution is 6.42. The van der Waals surface area contributed by atoms with Gasteiger partial charge in [-0.05, 0) is 68.0 Å². The minimum absolute atomic E-state index is 0.00779. The molecule has 3 N–H and O–H groups in total. The summed E-state index contributed by atoms with van der Waals surface area (Å²) in [7, 11) is 0. The summed E-state index contributed by atoms with van der Waals surface area (Å²) in [5, 5.41) is 9.41. The number of carbonyl (C=O) groups excluding carboxylic acids is 2. The molecule has 1 saturated heterocycles. The first-order chi connectivity index (χ1) is 17.3. The number of halogens is 4. The second-order valence-corrected chi connectivity index (χ2v) is 10.3. The van der Waals surface area contributed by atoms with E-state index < -0.39 is 17.7 Å². The molecule has 1 aliphatic heterocycles. The van der Waals surface area contributed by atoms with Crippen molar-refractivity contribution in [3.63, 3.8) is 0 Å². The van der Waals surface area contributed by atoms with Crippen LogP contribution in [0.5, 0.6) is 0 Å². The maximum atomic E-state index is 13.3. The van der Waals surface area contributed by atoms with Gasteiger partial charge in [-0.2, -0.15) is 0 Å². The molecule has 0 spiro atoms. The minimum Gasteiger partial charge on any atom is -0.356 e. The van der Waals surface area contributed by atoms with Crippen LogP contribution in [0, 0.1) is 17.6 Å². The van der Waals surface area contributed by atoms with Crippen LogP contribution in [0.1, 0.15) is 43.6 Å². The number of hydrogen-bond acceptors (Lipinski definition) is 3. The molecule has 2 aromatic carbocycles. The maximum Gasteiger partial charge on any atom is 0.319 e. The largest absolute Gasteiger partial charge is 0.356 e. The van der Waals surface area contributed by atoms with Crippen molar-refractivity contribution in [1.82, 2.24) is 15.5 Å². The van der Waals surface area contributed by atoms with Crippen molar-refractivity contribution in [3.8, 4) is 0 Å². The third kappa shape index (κ3) is 7.54. The van der Waals surface area contributed by atoms with Gasteiger partial charge in [0.1, 0.15) is 11.6 Å². The van der Waals surface area contributed by atoms with E-state index in [0.717, 1.165) is 75.5 Å². The summed E-state index contributed by atoms with van der Waals surface area (Å²) in [5.74, 6) is -1.16. The molecule has 3 atom stereocenters. The number of nitrogens with zero attached hydrogens (tertiary/aromatic N) is 1. The summed E-state index contributed by atoms with van der Waals surface area (Å²) in [6.07, 6.45) is 4.58. The Morgan fingerprint density at radius 1 is 1.00 bits per heavy atom.